The molecule has 4 heteroatoms. The molecule has 2 atom stereocenters. The molecule has 0 bridgehead atoms. The van der Waals surface area contributed by atoms with E-state index in [1.165, 1.54) is 23.4 Å². The van der Waals surface area contributed by atoms with E-state index in [4.69, 9.17) is 0 Å². The van der Waals surface area contributed by atoms with Crippen LogP contribution in [0, 0.1) is 5.92 Å². The van der Waals surface area contributed by atoms with E-state index in [2.05, 4.69) is 34.3 Å². The summed E-state index contributed by atoms with van der Waals surface area (Å²) in [6.45, 7) is -0.0614. The van der Waals surface area contributed by atoms with Gasteiger partial charge >= 0.3 is 5.97 Å². The zero-order valence-electron chi connectivity index (χ0n) is 11.8. The second kappa shape index (κ2) is 5.56. The Kier molecular flexibility index (Phi) is 3.60. The number of rotatable bonds is 4. The first-order valence-electron chi connectivity index (χ1n) is 7.03. The summed E-state index contributed by atoms with van der Waals surface area (Å²) in [5.74, 6) is -0.293. The van der Waals surface area contributed by atoms with Gasteiger partial charge in [0, 0.05) is 5.92 Å². The van der Waals surface area contributed by atoms with Crippen molar-refractivity contribution >= 4 is 22.6 Å². The lowest BCUT2D eigenvalue weighted by Crippen LogP contribution is -2.31. The van der Waals surface area contributed by atoms with Crippen LogP contribution in [0.1, 0.15) is 17.9 Å². The number of amides is 1. The Morgan fingerprint density at radius 1 is 1.19 bits per heavy atom. The predicted octanol–water partition coefficient (Wildman–Crippen LogP) is 2.23. The highest BCUT2D eigenvalue weighted by atomic mass is 16.5. The second-order valence-electron chi connectivity index (χ2n) is 5.31. The van der Waals surface area contributed by atoms with Crippen LogP contribution in [0.4, 0.5) is 0 Å². The minimum absolute atomic E-state index is 0.0412. The summed E-state index contributed by atoms with van der Waals surface area (Å²) in [7, 11) is 1.31. The molecular formula is C17H17NO3. The average Bonchev–Trinajstić information content (AvgIpc) is 3.32. The summed E-state index contributed by atoms with van der Waals surface area (Å²) < 4.78 is 4.52. The van der Waals surface area contributed by atoms with Crippen LogP contribution in [0.15, 0.2) is 42.5 Å². The number of nitrogens with one attached hydrogen (secondary N) is 1. The summed E-state index contributed by atoms with van der Waals surface area (Å²) in [5, 5.41) is 5.02. The van der Waals surface area contributed by atoms with Crippen molar-refractivity contribution in [2.24, 2.45) is 5.92 Å². The third kappa shape index (κ3) is 2.75. The standard InChI is InChI=1S/C17H17NO3/c1-21-16(19)10-18-17(20)15-9-14(15)13-8-4-6-11-5-2-3-7-12(11)13/h2-8,14-15H,9-10H2,1H3,(H,18,20)/t14-,15+/m1/s1. The van der Waals surface area contributed by atoms with E-state index in [1.54, 1.807) is 0 Å². The molecule has 4 nitrogen and oxygen atoms in total. The summed E-state index contributed by atoms with van der Waals surface area (Å²) in [5.41, 5.74) is 1.21. The van der Waals surface area contributed by atoms with Gasteiger partial charge in [-0.1, -0.05) is 42.5 Å². The van der Waals surface area contributed by atoms with Gasteiger partial charge in [0.15, 0.2) is 0 Å². The minimum atomic E-state index is -0.425. The number of benzene rings is 2. The molecule has 0 aromatic heterocycles. The van der Waals surface area contributed by atoms with Gasteiger partial charge in [-0.2, -0.15) is 0 Å². The molecule has 0 saturated heterocycles. The third-order valence-corrected chi connectivity index (χ3v) is 3.98. The van der Waals surface area contributed by atoms with Crippen LogP contribution in [0.3, 0.4) is 0 Å². The molecule has 1 amide bonds. The predicted molar refractivity (Wildman–Crippen MR) is 79.8 cm³/mol. The van der Waals surface area contributed by atoms with Gasteiger partial charge in [0.2, 0.25) is 5.91 Å². The van der Waals surface area contributed by atoms with Gasteiger partial charge in [0.05, 0.1) is 7.11 Å². The number of carbonyl (C=O) groups is 2. The lowest BCUT2D eigenvalue weighted by Gasteiger charge is -2.06. The molecule has 0 spiro atoms. The van der Waals surface area contributed by atoms with Gasteiger partial charge in [-0.05, 0) is 28.7 Å². The van der Waals surface area contributed by atoms with E-state index < -0.39 is 5.97 Å². The molecule has 0 heterocycles. The fourth-order valence-electron chi connectivity index (χ4n) is 2.76. The topological polar surface area (TPSA) is 55.4 Å². The highest BCUT2D eigenvalue weighted by Gasteiger charge is 2.44. The highest BCUT2D eigenvalue weighted by Crippen LogP contribution is 2.49. The van der Waals surface area contributed by atoms with Crippen molar-refractivity contribution in [3.05, 3.63) is 48.0 Å². The maximum Gasteiger partial charge on any atom is 0.325 e. The largest absolute Gasteiger partial charge is 0.468 e. The molecule has 2 aromatic rings. The smallest absolute Gasteiger partial charge is 0.325 e. The molecule has 0 aliphatic heterocycles. The van der Waals surface area contributed by atoms with E-state index in [9.17, 15) is 9.59 Å². The molecule has 0 radical (unpaired) electrons. The molecule has 2 aromatic carbocycles. The van der Waals surface area contributed by atoms with E-state index >= 15 is 0 Å². The normalized spacial score (nSPS) is 20.0. The number of methoxy groups -OCH3 is 1. The summed E-state index contributed by atoms with van der Waals surface area (Å²) >= 11 is 0. The molecule has 1 saturated carbocycles. The minimum Gasteiger partial charge on any atom is -0.468 e. The fraction of sp³-hybridized carbons (Fsp3) is 0.294. The molecule has 1 aliphatic carbocycles. The number of hydrogen-bond acceptors (Lipinski definition) is 3. The average molecular weight is 283 g/mol. The number of hydrogen-bond donors (Lipinski definition) is 1. The van der Waals surface area contributed by atoms with Crippen LogP contribution < -0.4 is 5.32 Å². The van der Waals surface area contributed by atoms with E-state index in [0.717, 1.165) is 6.42 Å². The second-order valence-corrected chi connectivity index (χ2v) is 5.31. The van der Waals surface area contributed by atoms with Crippen LogP contribution in [0.2, 0.25) is 0 Å². The maximum absolute atomic E-state index is 12.0. The van der Waals surface area contributed by atoms with E-state index in [1.807, 2.05) is 18.2 Å². The van der Waals surface area contributed by atoms with Gasteiger partial charge in [0.1, 0.15) is 6.54 Å². The van der Waals surface area contributed by atoms with Crippen LogP contribution in [0.5, 0.6) is 0 Å². The van der Waals surface area contributed by atoms with Crippen molar-refractivity contribution in [3.8, 4) is 0 Å². The van der Waals surface area contributed by atoms with E-state index in [0.29, 0.717) is 0 Å². The first kappa shape index (κ1) is 13.6. The Morgan fingerprint density at radius 3 is 2.76 bits per heavy atom. The van der Waals surface area contributed by atoms with E-state index in [-0.39, 0.29) is 24.3 Å². The summed E-state index contributed by atoms with van der Waals surface area (Å²) in [4.78, 5) is 23.1. The quantitative estimate of drug-likeness (QED) is 0.875. The van der Waals surface area contributed by atoms with Crippen molar-refractivity contribution in [2.45, 2.75) is 12.3 Å². The Bertz CT molecular complexity index is 690. The molecule has 3 rings (SSSR count). The van der Waals surface area contributed by atoms with Crippen molar-refractivity contribution in [1.29, 1.82) is 0 Å². The molecule has 21 heavy (non-hydrogen) atoms. The van der Waals surface area contributed by atoms with Gasteiger partial charge in [-0.3, -0.25) is 9.59 Å². The molecule has 1 fully saturated rings. The fourth-order valence-corrected chi connectivity index (χ4v) is 2.76. The van der Waals surface area contributed by atoms with Crippen LogP contribution >= 0.6 is 0 Å². The number of ether oxygens (including phenoxy) is 1. The maximum atomic E-state index is 12.0. The van der Waals surface area contributed by atoms with Crippen molar-refractivity contribution in [3.63, 3.8) is 0 Å². The van der Waals surface area contributed by atoms with Crippen molar-refractivity contribution in [2.75, 3.05) is 13.7 Å². The van der Waals surface area contributed by atoms with Gasteiger partial charge in [0.25, 0.3) is 0 Å². The number of carbonyl (C=O) groups excluding carboxylic acids is 2. The molecular weight excluding hydrogens is 266 g/mol. The van der Waals surface area contributed by atoms with Crippen LogP contribution in [0.25, 0.3) is 10.8 Å². The van der Waals surface area contributed by atoms with Gasteiger partial charge < -0.3 is 10.1 Å². The zero-order chi connectivity index (χ0) is 14.8. The number of esters is 1. The highest BCUT2D eigenvalue weighted by molar-refractivity contribution is 5.90. The third-order valence-electron chi connectivity index (χ3n) is 3.98. The molecule has 0 unspecified atom stereocenters. The lowest BCUT2D eigenvalue weighted by molar-refractivity contribution is -0.141. The monoisotopic (exact) mass is 283 g/mol. The first-order valence-corrected chi connectivity index (χ1v) is 7.03. The zero-order valence-corrected chi connectivity index (χ0v) is 11.8. The SMILES string of the molecule is COC(=O)CNC(=O)[C@H]1C[C@@H]1c1cccc2ccccc12. The van der Waals surface area contributed by atoms with Gasteiger partial charge in [-0.15, -0.1) is 0 Å². The Hall–Kier alpha value is -2.36. The lowest BCUT2D eigenvalue weighted by atomic mass is 10.00. The Balaban J connectivity index is 1.72. The van der Waals surface area contributed by atoms with Crippen molar-refractivity contribution in [1.82, 2.24) is 5.32 Å². The number of fused-ring (bicyclic) bond motifs is 1. The Labute approximate surface area is 123 Å². The van der Waals surface area contributed by atoms with Crippen molar-refractivity contribution < 1.29 is 14.3 Å². The molecule has 108 valence electrons. The van der Waals surface area contributed by atoms with Gasteiger partial charge in [-0.25, -0.2) is 0 Å². The summed E-state index contributed by atoms with van der Waals surface area (Å²) in [6, 6.07) is 14.4. The van der Waals surface area contributed by atoms with Crippen LogP contribution in [-0.4, -0.2) is 25.5 Å². The van der Waals surface area contributed by atoms with Crippen LogP contribution in [-0.2, 0) is 14.3 Å². The molecule has 1 N–H and O–H groups in total. The summed E-state index contributed by atoms with van der Waals surface area (Å²) in [6.07, 6.45) is 0.834. The Morgan fingerprint density at radius 2 is 1.95 bits per heavy atom. The molecule has 1 aliphatic rings. The first-order chi connectivity index (χ1) is 10.2.